The first-order valence-electron chi connectivity index (χ1n) is 11.1. The van der Waals surface area contributed by atoms with Crippen LogP contribution in [0.5, 0.6) is 0 Å². The van der Waals surface area contributed by atoms with Crippen molar-refractivity contribution in [3.63, 3.8) is 0 Å². The van der Waals surface area contributed by atoms with Crippen molar-refractivity contribution in [2.24, 2.45) is 11.8 Å². The van der Waals surface area contributed by atoms with E-state index in [-0.39, 0.29) is 0 Å². The smallest absolute Gasteiger partial charge is 0.268 e. The Morgan fingerprint density at radius 3 is 2.33 bits per heavy atom. The molecule has 1 aliphatic rings. The quantitative estimate of drug-likeness (QED) is 0.545. The molecule has 1 heterocycles. The van der Waals surface area contributed by atoms with Crippen LogP contribution in [0.2, 0.25) is 0 Å². The zero-order chi connectivity index (χ0) is 21.1. The number of aryl methyl sites for hydroxylation is 1. The molecule has 30 heavy (non-hydrogen) atoms. The van der Waals surface area contributed by atoms with Gasteiger partial charge in [0.15, 0.2) is 0 Å². The van der Waals surface area contributed by atoms with Crippen LogP contribution in [0.3, 0.4) is 0 Å². The first kappa shape index (κ1) is 21.1. The predicted molar refractivity (Wildman–Crippen MR) is 123 cm³/mol. The van der Waals surface area contributed by atoms with Crippen LogP contribution in [0.25, 0.3) is 10.9 Å². The largest absolute Gasteiger partial charge is 0.312 e. The van der Waals surface area contributed by atoms with Crippen LogP contribution in [0.4, 0.5) is 0 Å². The first-order valence-corrected chi connectivity index (χ1v) is 12.5. The molecule has 4 nitrogen and oxygen atoms in total. The van der Waals surface area contributed by atoms with Gasteiger partial charge in [0.25, 0.3) is 10.0 Å². The molecule has 0 unspecified atom stereocenters. The van der Waals surface area contributed by atoms with Crippen LogP contribution >= 0.6 is 0 Å². The highest BCUT2D eigenvalue weighted by Gasteiger charge is 2.22. The number of nitrogens with one attached hydrogen (secondary N) is 1. The van der Waals surface area contributed by atoms with E-state index in [1.165, 1.54) is 36.1 Å². The third-order valence-electron chi connectivity index (χ3n) is 6.63. The molecule has 0 atom stereocenters. The van der Waals surface area contributed by atoms with Crippen LogP contribution in [0.1, 0.15) is 50.2 Å². The standard InChI is InChI=1S/C25H32N2O2S/c1-3-20-10-12-21(13-11-20)16-26-17-22-18-27(25-7-5-4-6-24(22)25)30(28,29)23-14-8-19(2)9-15-23/h4-9,14-15,18,20-21,26H,3,10-13,16-17H2,1-2H3. The minimum Gasteiger partial charge on any atom is -0.312 e. The van der Waals surface area contributed by atoms with Gasteiger partial charge in [-0.3, -0.25) is 0 Å². The molecule has 4 rings (SSSR count). The summed E-state index contributed by atoms with van der Waals surface area (Å²) in [6.07, 6.45) is 8.38. The maximum atomic E-state index is 13.3. The Labute approximate surface area is 180 Å². The lowest BCUT2D eigenvalue weighted by molar-refractivity contribution is 0.262. The van der Waals surface area contributed by atoms with Gasteiger partial charge in [-0.05, 0) is 61.9 Å². The zero-order valence-electron chi connectivity index (χ0n) is 18.0. The van der Waals surface area contributed by atoms with Gasteiger partial charge in [0.1, 0.15) is 0 Å². The fourth-order valence-electron chi connectivity index (χ4n) is 4.64. The minimum absolute atomic E-state index is 0.320. The van der Waals surface area contributed by atoms with E-state index in [1.54, 1.807) is 18.3 Å². The molecule has 0 aliphatic heterocycles. The van der Waals surface area contributed by atoms with Crippen molar-refractivity contribution in [2.75, 3.05) is 6.54 Å². The minimum atomic E-state index is -3.63. The summed E-state index contributed by atoms with van der Waals surface area (Å²) in [4.78, 5) is 0.320. The van der Waals surface area contributed by atoms with Gasteiger partial charge in [-0.2, -0.15) is 0 Å². The lowest BCUT2D eigenvalue weighted by Crippen LogP contribution is -2.26. The Morgan fingerprint density at radius 2 is 1.63 bits per heavy atom. The molecule has 3 aromatic rings. The number of aromatic nitrogens is 1. The monoisotopic (exact) mass is 424 g/mol. The molecule has 1 fully saturated rings. The first-order chi connectivity index (χ1) is 14.5. The molecule has 1 aromatic heterocycles. The van der Waals surface area contributed by atoms with Crippen LogP contribution in [0, 0.1) is 18.8 Å². The average molecular weight is 425 g/mol. The molecule has 0 radical (unpaired) electrons. The number of hydrogen-bond donors (Lipinski definition) is 1. The molecule has 0 spiro atoms. The maximum Gasteiger partial charge on any atom is 0.268 e. The highest BCUT2D eigenvalue weighted by atomic mass is 32.2. The molecule has 0 amide bonds. The fraction of sp³-hybridized carbons (Fsp3) is 0.440. The van der Waals surface area contributed by atoms with E-state index in [0.717, 1.165) is 40.4 Å². The second-order valence-corrected chi connectivity index (χ2v) is 10.5. The number of rotatable bonds is 7. The van der Waals surface area contributed by atoms with Crippen LogP contribution in [-0.2, 0) is 16.6 Å². The second kappa shape index (κ2) is 8.94. The van der Waals surface area contributed by atoms with E-state index in [2.05, 4.69) is 12.2 Å². The summed E-state index contributed by atoms with van der Waals surface area (Å²) in [6.45, 7) is 5.94. The van der Waals surface area contributed by atoms with E-state index in [1.807, 2.05) is 43.3 Å². The third kappa shape index (κ3) is 4.33. The highest BCUT2D eigenvalue weighted by molar-refractivity contribution is 7.90. The van der Waals surface area contributed by atoms with E-state index >= 15 is 0 Å². The molecule has 5 heteroatoms. The van der Waals surface area contributed by atoms with Crippen LogP contribution < -0.4 is 5.32 Å². The second-order valence-electron chi connectivity index (χ2n) is 8.71. The van der Waals surface area contributed by atoms with Gasteiger partial charge in [-0.25, -0.2) is 12.4 Å². The Bertz CT molecular complexity index is 1090. The normalized spacial score (nSPS) is 19.9. The molecule has 0 bridgehead atoms. The van der Waals surface area contributed by atoms with E-state index < -0.39 is 10.0 Å². The molecule has 1 aliphatic carbocycles. The lowest BCUT2D eigenvalue weighted by Gasteiger charge is -2.27. The number of benzene rings is 2. The van der Waals surface area contributed by atoms with Gasteiger partial charge < -0.3 is 5.32 Å². The summed E-state index contributed by atoms with van der Waals surface area (Å²) in [7, 11) is -3.63. The van der Waals surface area contributed by atoms with Crippen molar-refractivity contribution in [3.8, 4) is 0 Å². The fourth-order valence-corrected chi connectivity index (χ4v) is 6.03. The zero-order valence-corrected chi connectivity index (χ0v) is 18.8. The van der Waals surface area contributed by atoms with E-state index in [0.29, 0.717) is 11.4 Å². The summed E-state index contributed by atoms with van der Waals surface area (Å²) >= 11 is 0. The van der Waals surface area contributed by atoms with Gasteiger partial charge in [0.2, 0.25) is 0 Å². The number of nitrogens with zero attached hydrogens (tertiary/aromatic N) is 1. The Morgan fingerprint density at radius 1 is 0.967 bits per heavy atom. The van der Waals surface area contributed by atoms with Crippen molar-refractivity contribution in [1.82, 2.24) is 9.29 Å². The van der Waals surface area contributed by atoms with Gasteiger partial charge >= 0.3 is 0 Å². The molecule has 0 saturated heterocycles. The molecule has 1 saturated carbocycles. The van der Waals surface area contributed by atoms with Crippen molar-refractivity contribution in [3.05, 3.63) is 65.9 Å². The third-order valence-corrected chi connectivity index (χ3v) is 8.32. The summed E-state index contributed by atoms with van der Waals surface area (Å²) in [5.41, 5.74) is 2.81. The van der Waals surface area contributed by atoms with Crippen molar-refractivity contribution in [2.45, 2.75) is 57.4 Å². The van der Waals surface area contributed by atoms with Crippen LogP contribution in [-0.4, -0.2) is 18.9 Å². The molecular formula is C25H32N2O2S. The molecule has 1 N–H and O–H groups in total. The molecule has 2 aromatic carbocycles. The van der Waals surface area contributed by atoms with Gasteiger partial charge in [-0.1, -0.05) is 62.1 Å². The van der Waals surface area contributed by atoms with Crippen molar-refractivity contribution >= 4 is 20.9 Å². The predicted octanol–water partition coefficient (Wildman–Crippen LogP) is 5.49. The Kier molecular flexibility index (Phi) is 6.30. The van der Waals surface area contributed by atoms with E-state index in [4.69, 9.17) is 0 Å². The number of hydrogen-bond acceptors (Lipinski definition) is 3. The summed E-state index contributed by atoms with van der Waals surface area (Å²) in [6, 6.07) is 14.8. The summed E-state index contributed by atoms with van der Waals surface area (Å²) < 4.78 is 28.0. The maximum absolute atomic E-state index is 13.3. The van der Waals surface area contributed by atoms with Crippen LogP contribution in [0.15, 0.2) is 59.6 Å². The van der Waals surface area contributed by atoms with Gasteiger partial charge in [0, 0.05) is 18.1 Å². The lowest BCUT2D eigenvalue weighted by atomic mass is 9.81. The van der Waals surface area contributed by atoms with Crippen molar-refractivity contribution in [1.29, 1.82) is 0 Å². The SMILES string of the molecule is CCC1CCC(CNCc2cn(S(=O)(=O)c3ccc(C)cc3)c3ccccc23)CC1. The number of para-hydroxylation sites is 1. The summed E-state index contributed by atoms with van der Waals surface area (Å²) in [5, 5.41) is 4.60. The molecular weight excluding hydrogens is 392 g/mol. The van der Waals surface area contributed by atoms with Gasteiger partial charge in [0.05, 0.1) is 10.4 Å². The van der Waals surface area contributed by atoms with Gasteiger partial charge in [-0.15, -0.1) is 0 Å². The summed E-state index contributed by atoms with van der Waals surface area (Å²) in [5.74, 6) is 1.64. The Balaban J connectivity index is 1.53. The topological polar surface area (TPSA) is 51.1 Å². The Hall–Kier alpha value is -2.11. The highest BCUT2D eigenvalue weighted by Crippen LogP contribution is 2.30. The molecule has 160 valence electrons. The number of fused-ring (bicyclic) bond motifs is 1. The average Bonchev–Trinajstić information content (AvgIpc) is 3.14. The van der Waals surface area contributed by atoms with Crippen molar-refractivity contribution < 1.29 is 8.42 Å². The van der Waals surface area contributed by atoms with E-state index in [9.17, 15) is 8.42 Å².